The van der Waals surface area contributed by atoms with Crippen molar-refractivity contribution < 1.29 is 14.1 Å². The van der Waals surface area contributed by atoms with E-state index in [0.717, 1.165) is 0 Å². The smallest absolute Gasteiger partial charge is 0.273 e. The van der Waals surface area contributed by atoms with Gasteiger partial charge >= 0.3 is 0 Å². The normalized spacial score (nSPS) is 10.3. The lowest BCUT2D eigenvalue weighted by molar-refractivity contribution is -0.385. The van der Waals surface area contributed by atoms with E-state index in [1.807, 2.05) is 0 Å². The minimum Gasteiger partial charge on any atom is -0.341 e. The molecule has 0 N–H and O–H groups in total. The predicted molar refractivity (Wildman–Crippen MR) is 79.7 cm³/mol. The van der Waals surface area contributed by atoms with Crippen molar-refractivity contribution in [3.63, 3.8) is 0 Å². The van der Waals surface area contributed by atoms with E-state index in [-0.39, 0.29) is 30.4 Å². The molecule has 0 atom stereocenters. The van der Waals surface area contributed by atoms with Crippen molar-refractivity contribution in [3.05, 3.63) is 75.6 Å². The summed E-state index contributed by atoms with van der Waals surface area (Å²) in [4.78, 5) is 24.0. The molecule has 2 aromatic rings. The maximum absolute atomic E-state index is 13.6. The zero-order valence-corrected chi connectivity index (χ0v) is 12.0. The maximum Gasteiger partial charge on any atom is 0.273 e. The minimum absolute atomic E-state index is 0.0878. The van der Waals surface area contributed by atoms with Gasteiger partial charge in [-0.1, -0.05) is 36.4 Å². The van der Waals surface area contributed by atoms with Gasteiger partial charge in [-0.2, -0.15) is 0 Å². The lowest BCUT2D eigenvalue weighted by atomic mass is 10.1. The van der Waals surface area contributed by atoms with Gasteiger partial charge in [0, 0.05) is 30.8 Å². The van der Waals surface area contributed by atoms with E-state index in [1.54, 1.807) is 43.4 Å². The molecular weight excluding hydrogens is 287 g/mol. The van der Waals surface area contributed by atoms with E-state index in [9.17, 15) is 19.3 Å². The minimum atomic E-state index is -0.514. The van der Waals surface area contributed by atoms with Crippen molar-refractivity contribution in [2.45, 2.75) is 13.0 Å². The van der Waals surface area contributed by atoms with Crippen LogP contribution >= 0.6 is 0 Å². The number of para-hydroxylation sites is 1. The Hall–Kier alpha value is -2.76. The summed E-state index contributed by atoms with van der Waals surface area (Å²) in [5.74, 6) is -0.689. The fourth-order valence-corrected chi connectivity index (χ4v) is 2.11. The van der Waals surface area contributed by atoms with E-state index in [0.29, 0.717) is 11.1 Å². The van der Waals surface area contributed by atoms with Crippen molar-refractivity contribution >= 4 is 11.6 Å². The maximum atomic E-state index is 13.6. The first kappa shape index (κ1) is 15.6. The van der Waals surface area contributed by atoms with Gasteiger partial charge in [0.15, 0.2) is 0 Å². The average Bonchev–Trinajstić information content (AvgIpc) is 2.49. The number of carbonyl (C=O) groups excluding carboxylic acids is 1. The molecule has 0 heterocycles. The SMILES string of the molecule is CN(Cc1ccccc1F)C(=O)Cc1ccccc1[N+](=O)[O-]. The zero-order chi connectivity index (χ0) is 16.1. The molecule has 0 spiro atoms. The van der Waals surface area contributed by atoms with E-state index < -0.39 is 4.92 Å². The molecule has 6 heteroatoms. The first-order chi connectivity index (χ1) is 10.5. The molecule has 0 fully saturated rings. The fourth-order valence-electron chi connectivity index (χ4n) is 2.11. The summed E-state index contributed by atoms with van der Waals surface area (Å²) in [7, 11) is 1.55. The number of halogens is 1. The lowest BCUT2D eigenvalue weighted by Gasteiger charge is -2.17. The second-order valence-electron chi connectivity index (χ2n) is 4.90. The number of hydrogen-bond acceptors (Lipinski definition) is 3. The van der Waals surface area contributed by atoms with Crippen LogP contribution in [-0.4, -0.2) is 22.8 Å². The highest BCUT2D eigenvalue weighted by atomic mass is 19.1. The molecule has 5 nitrogen and oxygen atoms in total. The summed E-state index contributed by atoms with van der Waals surface area (Å²) in [5.41, 5.74) is 0.661. The number of benzene rings is 2. The van der Waals surface area contributed by atoms with Gasteiger partial charge in [0.1, 0.15) is 5.82 Å². The Bertz CT molecular complexity index is 703. The summed E-state index contributed by atoms with van der Waals surface area (Å²) >= 11 is 0. The molecule has 0 unspecified atom stereocenters. The molecule has 0 aromatic heterocycles. The molecular formula is C16H15FN2O3. The Morgan fingerprint density at radius 1 is 1.14 bits per heavy atom. The van der Waals surface area contributed by atoms with E-state index in [4.69, 9.17) is 0 Å². The standard InChI is InChI=1S/C16H15FN2O3/c1-18(11-13-7-2-4-8-14(13)17)16(20)10-12-6-3-5-9-15(12)19(21)22/h2-9H,10-11H2,1H3. The van der Waals surface area contributed by atoms with Gasteiger partial charge in [0.05, 0.1) is 11.3 Å². The van der Waals surface area contributed by atoms with E-state index in [2.05, 4.69) is 0 Å². The van der Waals surface area contributed by atoms with Crippen molar-refractivity contribution in [3.8, 4) is 0 Å². The number of amides is 1. The van der Waals surface area contributed by atoms with Gasteiger partial charge in [0.2, 0.25) is 5.91 Å². The van der Waals surface area contributed by atoms with Crippen LogP contribution in [0, 0.1) is 15.9 Å². The molecule has 0 aliphatic heterocycles. The summed E-state index contributed by atoms with van der Waals surface area (Å²) < 4.78 is 13.6. The topological polar surface area (TPSA) is 63.5 Å². The summed E-state index contributed by atoms with van der Waals surface area (Å²) in [6.07, 6.45) is -0.0951. The molecule has 0 saturated heterocycles. The summed E-state index contributed by atoms with van der Waals surface area (Å²) in [6, 6.07) is 12.3. The number of hydrogen-bond donors (Lipinski definition) is 0. The molecule has 1 amide bonds. The molecule has 22 heavy (non-hydrogen) atoms. The van der Waals surface area contributed by atoms with Crippen molar-refractivity contribution in [1.29, 1.82) is 0 Å². The highest BCUT2D eigenvalue weighted by Crippen LogP contribution is 2.19. The highest BCUT2D eigenvalue weighted by molar-refractivity contribution is 5.79. The third kappa shape index (κ3) is 3.66. The van der Waals surface area contributed by atoms with Crippen LogP contribution in [0.3, 0.4) is 0 Å². The fraction of sp³-hybridized carbons (Fsp3) is 0.188. The number of rotatable bonds is 5. The van der Waals surface area contributed by atoms with Gasteiger partial charge in [-0.05, 0) is 6.07 Å². The Balaban J connectivity index is 2.09. The second-order valence-corrected chi connectivity index (χ2v) is 4.90. The molecule has 114 valence electrons. The molecule has 0 radical (unpaired) electrons. The molecule has 0 saturated carbocycles. The summed E-state index contributed by atoms with van der Waals surface area (Å²) in [6.45, 7) is 0.117. The number of likely N-dealkylation sites (N-methyl/N-ethyl adjacent to an activating group) is 1. The molecule has 0 bridgehead atoms. The van der Waals surface area contributed by atoms with E-state index >= 15 is 0 Å². The number of nitro benzene ring substituents is 1. The second kappa shape index (κ2) is 6.80. The number of nitro groups is 1. The largest absolute Gasteiger partial charge is 0.341 e. The van der Waals surface area contributed by atoms with Crippen molar-refractivity contribution in [2.75, 3.05) is 7.05 Å². The first-order valence-electron chi connectivity index (χ1n) is 6.68. The van der Waals surface area contributed by atoms with Crippen LogP contribution in [0.25, 0.3) is 0 Å². The molecule has 0 aliphatic rings. The Morgan fingerprint density at radius 3 is 2.36 bits per heavy atom. The van der Waals surface area contributed by atoms with Crippen LogP contribution in [0.2, 0.25) is 0 Å². The van der Waals surface area contributed by atoms with Crippen LogP contribution in [0.15, 0.2) is 48.5 Å². The van der Waals surface area contributed by atoms with Gasteiger partial charge in [-0.15, -0.1) is 0 Å². The van der Waals surface area contributed by atoms with E-state index in [1.165, 1.54) is 17.0 Å². The molecule has 2 aromatic carbocycles. The van der Waals surface area contributed by atoms with Gasteiger partial charge in [0.25, 0.3) is 5.69 Å². The number of nitrogens with zero attached hydrogens (tertiary/aromatic N) is 2. The van der Waals surface area contributed by atoms with Crippen molar-refractivity contribution in [2.24, 2.45) is 0 Å². The Labute approximate surface area is 127 Å². The average molecular weight is 302 g/mol. The Morgan fingerprint density at radius 2 is 1.73 bits per heavy atom. The van der Waals surface area contributed by atoms with Crippen LogP contribution in [0.5, 0.6) is 0 Å². The molecule has 0 aliphatic carbocycles. The van der Waals surface area contributed by atoms with Crippen molar-refractivity contribution in [1.82, 2.24) is 4.90 Å². The van der Waals surface area contributed by atoms with Crippen LogP contribution in [0.4, 0.5) is 10.1 Å². The summed E-state index contributed by atoms with van der Waals surface area (Å²) in [5, 5.41) is 10.9. The quantitative estimate of drug-likeness (QED) is 0.630. The van der Waals surface area contributed by atoms with Crippen LogP contribution < -0.4 is 0 Å². The Kier molecular flexibility index (Phi) is 4.83. The van der Waals surface area contributed by atoms with Crippen LogP contribution in [-0.2, 0) is 17.8 Å². The highest BCUT2D eigenvalue weighted by Gasteiger charge is 2.18. The predicted octanol–water partition coefficient (Wildman–Crippen LogP) is 2.94. The monoisotopic (exact) mass is 302 g/mol. The first-order valence-corrected chi connectivity index (χ1v) is 6.68. The zero-order valence-electron chi connectivity index (χ0n) is 12.0. The number of carbonyl (C=O) groups is 1. The lowest BCUT2D eigenvalue weighted by Crippen LogP contribution is -2.28. The van der Waals surface area contributed by atoms with Gasteiger partial charge < -0.3 is 4.90 Å². The third-order valence-electron chi connectivity index (χ3n) is 3.32. The third-order valence-corrected chi connectivity index (χ3v) is 3.32. The van der Waals surface area contributed by atoms with Gasteiger partial charge in [-0.3, -0.25) is 14.9 Å². The van der Waals surface area contributed by atoms with Gasteiger partial charge in [-0.25, -0.2) is 4.39 Å². The molecule has 2 rings (SSSR count). The van der Waals surface area contributed by atoms with Crippen LogP contribution in [0.1, 0.15) is 11.1 Å².